The first-order valence-corrected chi connectivity index (χ1v) is 14.1. The SMILES string of the molecule is CCNC(=O)Nc1ncnc2c1ncn2[C@@H]1O[C@H](COP(=O)(O)CNCC(=O)O)C2O[C@@H](c3ccccc3)O[C@@H]21. The van der Waals surface area contributed by atoms with E-state index in [2.05, 4.69) is 30.9 Å². The van der Waals surface area contributed by atoms with Crippen LogP contribution < -0.4 is 16.0 Å². The normalized spacial score (nSPS) is 25.4. The van der Waals surface area contributed by atoms with Gasteiger partial charge in [0.2, 0.25) is 0 Å². The summed E-state index contributed by atoms with van der Waals surface area (Å²) in [5, 5.41) is 16.4. The lowest BCUT2D eigenvalue weighted by molar-refractivity contribution is -0.152. The second-order valence-electron chi connectivity index (χ2n) is 8.95. The molecule has 0 spiro atoms. The van der Waals surface area contributed by atoms with Crippen molar-refractivity contribution in [3.05, 3.63) is 48.5 Å². The van der Waals surface area contributed by atoms with Gasteiger partial charge < -0.3 is 34.1 Å². The van der Waals surface area contributed by atoms with E-state index in [9.17, 15) is 19.0 Å². The van der Waals surface area contributed by atoms with Crippen molar-refractivity contribution in [2.24, 2.45) is 0 Å². The summed E-state index contributed by atoms with van der Waals surface area (Å²) in [6, 6.07) is 8.81. The average molecular weight is 577 g/mol. The Hall–Kier alpha value is -3.50. The predicted octanol–water partition coefficient (Wildman–Crippen LogP) is 1.18. The summed E-state index contributed by atoms with van der Waals surface area (Å²) in [4.78, 5) is 45.7. The highest BCUT2D eigenvalue weighted by Crippen LogP contribution is 2.47. The zero-order valence-corrected chi connectivity index (χ0v) is 22.1. The van der Waals surface area contributed by atoms with Crippen molar-refractivity contribution in [2.45, 2.75) is 37.8 Å². The van der Waals surface area contributed by atoms with Crippen LogP contribution in [-0.2, 0) is 28.1 Å². The van der Waals surface area contributed by atoms with Gasteiger partial charge in [0.05, 0.1) is 25.8 Å². The number of anilines is 1. The number of fused-ring (bicyclic) bond motifs is 2. The van der Waals surface area contributed by atoms with E-state index in [-0.39, 0.29) is 12.4 Å². The van der Waals surface area contributed by atoms with E-state index in [1.165, 1.54) is 12.7 Å². The van der Waals surface area contributed by atoms with Crippen LogP contribution in [0.2, 0.25) is 0 Å². The number of carboxylic acids is 1. The summed E-state index contributed by atoms with van der Waals surface area (Å²) < 4.78 is 38.0. The third-order valence-electron chi connectivity index (χ3n) is 6.15. The van der Waals surface area contributed by atoms with Crippen molar-refractivity contribution >= 4 is 36.6 Å². The number of benzene rings is 1. The van der Waals surface area contributed by atoms with Gasteiger partial charge in [-0.3, -0.25) is 24.6 Å². The maximum Gasteiger partial charge on any atom is 0.341 e. The van der Waals surface area contributed by atoms with Gasteiger partial charge in [-0.05, 0) is 6.92 Å². The lowest BCUT2D eigenvalue weighted by Gasteiger charge is -2.22. The Kier molecular flexibility index (Phi) is 8.37. The molecule has 214 valence electrons. The molecule has 5 N–H and O–H groups in total. The number of urea groups is 1. The number of nitrogens with one attached hydrogen (secondary N) is 3. The van der Waals surface area contributed by atoms with Crippen LogP contribution in [0.3, 0.4) is 0 Å². The van der Waals surface area contributed by atoms with Gasteiger partial charge in [-0.15, -0.1) is 0 Å². The molecule has 17 heteroatoms. The zero-order valence-electron chi connectivity index (χ0n) is 21.2. The van der Waals surface area contributed by atoms with Gasteiger partial charge in [-0.2, -0.15) is 0 Å². The first-order chi connectivity index (χ1) is 19.3. The average Bonchev–Trinajstić information content (AvgIpc) is 3.62. The zero-order chi connectivity index (χ0) is 28.3. The number of aliphatic carboxylic acids is 1. The Morgan fingerprint density at radius 3 is 2.65 bits per heavy atom. The Bertz CT molecular complexity index is 1410. The minimum absolute atomic E-state index is 0.199. The standard InChI is InChI=1S/C23H28N7O9P/c1-2-25-23(33)29-19-16-20(27-10-26-19)30(11-28-16)21-18-17(38-22(39-18)13-6-4-3-5-7-13)14(37-21)9-36-40(34,35)12-24-8-15(31)32/h3-7,10-11,14,17-18,21-22,24H,2,8-9,12H2,1H3,(H,31,32)(H,34,35)(H2,25,26,27,29,33)/t14-,17?,18+,21-,22-/m1/s1. The highest BCUT2D eigenvalue weighted by atomic mass is 31.2. The quantitative estimate of drug-likeness (QED) is 0.203. The number of nitrogens with zero attached hydrogens (tertiary/aromatic N) is 4. The van der Waals surface area contributed by atoms with Crippen LogP contribution in [0.15, 0.2) is 43.0 Å². The van der Waals surface area contributed by atoms with Gasteiger partial charge >= 0.3 is 19.6 Å². The number of amides is 2. The predicted molar refractivity (Wildman–Crippen MR) is 137 cm³/mol. The number of rotatable bonds is 11. The molecule has 4 heterocycles. The molecule has 2 aromatic heterocycles. The van der Waals surface area contributed by atoms with Crippen LogP contribution >= 0.6 is 7.60 Å². The lowest BCUT2D eigenvalue weighted by atomic mass is 10.1. The molecular weight excluding hydrogens is 549 g/mol. The maximum absolute atomic E-state index is 12.5. The van der Waals surface area contributed by atoms with Gasteiger partial charge in [0.1, 0.15) is 24.6 Å². The molecule has 2 saturated heterocycles. The largest absolute Gasteiger partial charge is 0.480 e. The molecule has 3 aromatic rings. The molecule has 16 nitrogen and oxygen atoms in total. The van der Waals surface area contributed by atoms with Crippen LogP contribution in [0.5, 0.6) is 0 Å². The van der Waals surface area contributed by atoms with Crippen LogP contribution in [0.4, 0.5) is 10.6 Å². The van der Waals surface area contributed by atoms with Gasteiger partial charge in [0, 0.05) is 12.1 Å². The van der Waals surface area contributed by atoms with Crippen molar-refractivity contribution in [1.29, 1.82) is 0 Å². The molecule has 1 aromatic carbocycles. The first kappa shape index (κ1) is 28.0. The second-order valence-corrected chi connectivity index (χ2v) is 10.8. The summed E-state index contributed by atoms with van der Waals surface area (Å²) in [7, 11) is -4.19. The molecule has 0 saturated carbocycles. The van der Waals surface area contributed by atoms with Gasteiger partial charge in [0.25, 0.3) is 0 Å². The number of ether oxygens (including phenoxy) is 3. The molecule has 2 fully saturated rings. The van der Waals surface area contributed by atoms with E-state index in [4.69, 9.17) is 23.8 Å². The van der Waals surface area contributed by atoms with E-state index in [0.29, 0.717) is 17.7 Å². The third-order valence-corrected chi connectivity index (χ3v) is 7.33. The number of carbonyl (C=O) groups is 2. The van der Waals surface area contributed by atoms with Crippen LogP contribution in [0, 0.1) is 0 Å². The number of aromatic nitrogens is 4. The molecule has 2 aliphatic heterocycles. The number of carboxylic acid groups (broad SMARTS) is 1. The third kappa shape index (κ3) is 6.13. The summed E-state index contributed by atoms with van der Waals surface area (Å²) in [6.45, 7) is 1.37. The summed E-state index contributed by atoms with van der Waals surface area (Å²) in [5.74, 6) is -0.973. The molecule has 2 amide bonds. The fourth-order valence-electron chi connectivity index (χ4n) is 4.44. The molecule has 0 radical (unpaired) electrons. The maximum atomic E-state index is 12.5. The summed E-state index contributed by atoms with van der Waals surface area (Å²) in [5.41, 5.74) is 1.44. The second kappa shape index (κ2) is 11.9. The minimum Gasteiger partial charge on any atom is -0.480 e. The van der Waals surface area contributed by atoms with Crippen molar-refractivity contribution in [3.63, 3.8) is 0 Å². The summed E-state index contributed by atoms with van der Waals surface area (Å²) >= 11 is 0. The Labute approximate surface area is 227 Å². The van der Waals surface area contributed by atoms with Crippen LogP contribution in [-0.4, -0.2) is 85.8 Å². The van der Waals surface area contributed by atoms with Crippen LogP contribution in [0.25, 0.3) is 11.2 Å². The van der Waals surface area contributed by atoms with E-state index in [1.807, 2.05) is 30.3 Å². The highest BCUT2D eigenvalue weighted by molar-refractivity contribution is 7.52. The molecule has 0 aliphatic carbocycles. The molecule has 2 unspecified atom stereocenters. The smallest absolute Gasteiger partial charge is 0.341 e. The number of hydrogen-bond acceptors (Lipinski definition) is 11. The first-order valence-electron chi connectivity index (χ1n) is 12.4. The van der Waals surface area contributed by atoms with Gasteiger partial charge in [0.15, 0.2) is 29.5 Å². The Morgan fingerprint density at radius 2 is 1.90 bits per heavy atom. The Balaban J connectivity index is 1.39. The molecule has 40 heavy (non-hydrogen) atoms. The van der Waals surface area contributed by atoms with Crippen molar-refractivity contribution in [2.75, 3.05) is 31.3 Å². The van der Waals surface area contributed by atoms with E-state index in [1.54, 1.807) is 11.5 Å². The fourth-order valence-corrected chi connectivity index (χ4v) is 5.31. The van der Waals surface area contributed by atoms with Crippen molar-refractivity contribution < 1.29 is 42.9 Å². The van der Waals surface area contributed by atoms with E-state index >= 15 is 0 Å². The van der Waals surface area contributed by atoms with Gasteiger partial charge in [-0.25, -0.2) is 19.7 Å². The van der Waals surface area contributed by atoms with Crippen LogP contribution in [0.1, 0.15) is 25.0 Å². The monoisotopic (exact) mass is 577 g/mol. The molecular formula is C23H28N7O9P. The number of carbonyl (C=O) groups excluding carboxylic acids is 1. The molecule has 0 bridgehead atoms. The van der Waals surface area contributed by atoms with E-state index < -0.39 is 63.3 Å². The summed E-state index contributed by atoms with van der Waals surface area (Å²) in [6.07, 6.45) is -1.59. The minimum atomic E-state index is -4.19. The van der Waals surface area contributed by atoms with E-state index in [0.717, 1.165) is 5.56 Å². The molecule has 2 aliphatic rings. The van der Waals surface area contributed by atoms with Crippen molar-refractivity contribution in [3.8, 4) is 0 Å². The number of hydrogen-bond donors (Lipinski definition) is 5. The molecule has 5 rings (SSSR count). The topological polar surface area (TPSA) is 208 Å². The van der Waals surface area contributed by atoms with Gasteiger partial charge in [-0.1, -0.05) is 30.3 Å². The highest BCUT2D eigenvalue weighted by Gasteiger charge is 2.54. The lowest BCUT2D eigenvalue weighted by Crippen LogP contribution is -2.32. The number of imidazole rings is 1. The molecule has 6 atom stereocenters. The Morgan fingerprint density at radius 1 is 1.12 bits per heavy atom. The fraction of sp³-hybridized carbons (Fsp3) is 0.435. The van der Waals surface area contributed by atoms with Crippen molar-refractivity contribution in [1.82, 2.24) is 30.2 Å².